The molecule has 0 aliphatic heterocycles. The molecule has 0 aromatic heterocycles. The minimum Gasteiger partial charge on any atom is -0.395 e. The van der Waals surface area contributed by atoms with Crippen LogP contribution in [0.15, 0.2) is 18.2 Å². The van der Waals surface area contributed by atoms with Gasteiger partial charge in [0.15, 0.2) is 5.78 Å². The van der Waals surface area contributed by atoms with Gasteiger partial charge >= 0.3 is 0 Å². The van der Waals surface area contributed by atoms with Gasteiger partial charge in [-0.05, 0) is 19.1 Å². The van der Waals surface area contributed by atoms with Gasteiger partial charge in [-0.2, -0.15) is 0 Å². The molecule has 0 aliphatic rings. The summed E-state index contributed by atoms with van der Waals surface area (Å²) in [6.07, 6.45) is 0.256. The van der Waals surface area contributed by atoms with Gasteiger partial charge in [-0.1, -0.05) is 11.8 Å². The second-order valence-electron chi connectivity index (χ2n) is 3.32. The number of Topliss-reactive ketones (excluding diaryl/α,β-unsaturated/α-hetero) is 1. The Kier molecular flexibility index (Phi) is 4.37. The van der Waals surface area contributed by atoms with Crippen LogP contribution in [-0.4, -0.2) is 22.4 Å². The molecule has 1 N–H and O–H groups in total. The zero-order chi connectivity index (χ0) is 12.8. The number of aliphatic hydroxyl groups excluding tert-OH is 1. The van der Waals surface area contributed by atoms with E-state index in [4.69, 9.17) is 5.11 Å². The van der Waals surface area contributed by atoms with E-state index < -0.39 is 4.92 Å². The SMILES string of the molecule is CC(=O)c1ccc(C#CCCO)c([N+](=O)[O-])c1. The van der Waals surface area contributed by atoms with Crippen LogP contribution in [0.5, 0.6) is 0 Å². The Morgan fingerprint density at radius 1 is 1.53 bits per heavy atom. The van der Waals surface area contributed by atoms with Crippen molar-refractivity contribution < 1.29 is 14.8 Å². The Labute approximate surface area is 98.2 Å². The van der Waals surface area contributed by atoms with Crippen LogP contribution >= 0.6 is 0 Å². The maximum Gasteiger partial charge on any atom is 0.285 e. The molecule has 1 aromatic rings. The fourth-order valence-electron chi connectivity index (χ4n) is 1.22. The van der Waals surface area contributed by atoms with E-state index in [0.717, 1.165) is 0 Å². The van der Waals surface area contributed by atoms with Crippen LogP contribution < -0.4 is 0 Å². The summed E-state index contributed by atoms with van der Waals surface area (Å²) < 4.78 is 0. The number of ketones is 1. The molecule has 5 nitrogen and oxygen atoms in total. The molecule has 5 heteroatoms. The second-order valence-corrected chi connectivity index (χ2v) is 3.32. The number of nitro groups is 1. The fourth-order valence-corrected chi connectivity index (χ4v) is 1.22. The maximum atomic E-state index is 11.1. The first-order valence-electron chi connectivity index (χ1n) is 4.95. The molecular formula is C12H11NO4. The third-order valence-corrected chi connectivity index (χ3v) is 2.06. The van der Waals surface area contributed by atoms with Crippen molar-refractivity contribution in [2.45, 2.75) is 13.3 Å². The second kappa shape index (κ2) is 5.77. The van der Waals surface area contributed by atoms with E-state index in [1.54, 1.807) is 0 Å². The van der Waals surface area contributed by atoms with Gasteiger partial charge in [0, 0.05) is 18.1 Å². The van der Waals surface area contributed by atoms with Gasteiger partial charge in [-0.25, -0.2) is 0 Å². The lowest BCUT2D eigenvalue weighted by Gasteiger charge is -1.98. The van der Waals surface area contributed by atoms with Crippen LogP contribution in [0.3, 0.4) is 0 Å². The highest BCUT2D eigenvalue weighted by Gasteiger charge is 2.14. The van der Waals surface area contributed by atoms with Gasteiger partial charge in [0.2, 0.25) is 0 Å². The number of nitrogens with zero attached hydrogens (tertiary/aromatic N) is 1. The number of benzene rings is 1. The average Bonchev–Trinajstić information content (AvgIpc) is 2.29. The van der Waals surface area contributed by atoms with Crippen molar-refractivity contribution in [3.8, 4) is 11.8 Å². The summed E-state index contributed by atoms with van der Waals surface area (Å²) in [6, 6.07) is 4.16. The third-order valence-electron chi connectivity index (χ3n) is 2.06. The molecule has 1 aromatic carbocycles. The molecule has 0 unspecified atom stereocenters. The number of hydrogen-bond acceptors (Lipinski definition) is 4. The molecule has 0 fully saturated rings. The summed E-state index contributed by atoms with van der Waals surface area (Å²) in [7, 11) is 0. The zero-order valence-corrected chi connectivity index (χ0v) is 9.27. The molecule has 0 aliphatic carbocycles. The minimum atomic E-state index is -0.574. The van der Waals surface area contributed by atoms with E-state index in [1.807, 2.05) is 0 Å². The topological polar surface area (TPSA) is 80.4 Å². The van der Waals surface area contributed by atoms with Gasteiger partial charge in [0.25, 0.3) is 5.69 Å². The summed E-state index contributed by atoms with van der Waals surface area (Å²) in [6.45, 7) is 1.25. The summed E-state index contributed by atoms with van der Waals surface area (Å²) >= 11 is 0. The number of carbonyl (C=O) groups is 1. The van der Waals surface area contributed by atoms with Crippen molar-refractivity contribution in [3.05, 3.63) is 39.4 Å². The van der Waals surface area contributed by atoms with Crippen LogP contribution in [-0.2, 0) is 0 Å². The molecule has 0 amide bonds. The van der Waals surface area contributed by atoms with E-state index in [2.05, 4.69) is 11.8 Å². The van der Waals surface area contributed by atoms with Crippen LogP contribution in [0, 0.1) is 22.0 Å². The van der Waals surface area contributed by atoms with Gasteiger partial charge in [-0.3, -0.25) is 14.9 Å². The van der Waals surface area contributed by atoms with E-state index in [1.165, 1.54) is 25.1 Å². The van der Waals surface area contributed by atoms with E-state index in [-0.39, 0.29) is 35.6 Å². The molecule has 0 atom stereocenters. The highest BCUT2D eigenvalue weighted by molar-refractivity contribution is 5.95. The number of carbonyl (C=O) groups excluding carboxylic acids is 1. The number of rotatable bonds is 3. The van der Waals surface area contributed by atoms with Gasteiger partial charge in [0.1, 0.15) is 5.56 Å². The Hall–Kier alpha value is -2.19. The normalized spacial score (nSPS) is 9.29. The highest BCUT2D eigenvalue weighted by atomic mass is 16.6. The quantitative estimate of drug-likeness (QED) is 0.371. The van der Waals surface area contributed by atoms with Gasteiger partial charge in [0.05, 0.1) is 11.5 Å². The first-order valence-corrected chi connectivity index (χ1v) is 4.95. The highest BCUT2D eigenvalue weighted by Crippen LogP contribution is 2.19. The largest absolute Gasteiger partial charge is 0.395 e. The predicted octanol–water partition coefficient (Wildman–Crippen LogP) is 1.53. The Bertz CT molecular complexity index is 511. The lowest BCUT2D eigenvalue weighted by atomic mass is 10.1. The van der Waals surface area contributed by atoms with Crippen LogP contribution in [0.1, 0.15) is 29.3 Å². The molecule has 17 heavy (non-hydrogen) atoms. The zero-order valence-electron chi connectivity index (χ0n) is 9.27. The summed E-state index contributed by atoms with van der Waals surface area (Å²) in [5.74, 6) is 4.97. The third kappa shape index (κ3) is 3.40. The molecular weight excluding hydrogens is 222 g/mol. The van der Waals surface area contributed by atoms with E-state index in [9.17, 15) is 14.9 Å². The summed E-state index contributed by atoms with van der Waals surface area (Å²) in [5.41, 5.74) is 0.334. The molecule has 88 valence electrons. The molecule has 0 saturated heterocycles. The lowest BCUT2D eigenvalue weighted by Crippen LogP contribution is -1.97. The van der Waals surface area contributed by atoms with Gasteiger partial charge in [-0.15, -0.1) is 0 Å². The molecule has 0 radical (unpaired) electrons. The molecule has 1 rings (SSSR count). The minimum absolute atomic E-state index is 0.0909. The molecule has 0 bridgehead atoms. The van der Waals surface area contributed by atoms with Crippen LogP contribution in [0.25, 0.3) is 0 Å². The van der Waals surface area contributed by atoms with Crippen molar-refractivity contribution in [3.63, 3.8) is 0 Å². The Balaban J connectivity index is 3.19. The summed E-state index contributed by atoms with van der Waals surface area (Å²) in [5, 5.41) is 19.4. The van der Waals surface area contributed by atoms with Crippen molar-refractivity contribution >= 4 is 11.5 Å². The Morgan fingerprint density at radius 3 is 2.76 bits per heavy atom. The van der Waals surface area contributed by atoms with Crippen molar-refractivity contribution in [2.24, 2.45) is 0 Å². The number of nitro benzene ring substituents is 1. The monoisotopic (exact) mass is 233 g/mol. The standard InChI is InChI=1S/C12H11NO4/c1-9(15)11-6-5-10(4-2-3-7-14)12(8-11)13(16)17/h5-6,8,14H,3,7H2,1H3. The fraction of sp³-hybridized carbons (Fsp3) is 0.250. The molecule has 0 saturated carbocycles. The van der Waals surface area contributed by atoms with E-state index in [0.29, 0.717) is 0 Å². The lowest BCUT2D eigenvalue weighted by molar-refractivity contribution is -0.385. The van der Waals surface area contributed by atoms with Crippen LogP contribution in [0.4, 0.5) is 5.69 Å². The molecule has 0 heterocycles. The Morgan fingerprint density at radius 2 is 2.24 bits per heavy atom. The first kappa shape index (κ1) is 12.9. The van der Waals surface area contributed by atoms with Crippen LogP contribution in [0.2, 0.25) is 0 Å². The maximum absolute atomic E-state index is 11.1. The van der Waals surface area contributed by atoms with Crippen molar-refractivity contribution in [2.75, 3.05) is 6.61 Å². The summed E-state index contributed by atoms with van der Waals surface area (Å²) in [4.78, 5) is 21.3. The van der Waals surface area contributed by atoms with Crippen molar-refractivity contribution in [1.29, 1.82) is 0 Å². The first-order chi connectivity index (χ1) is 8.06. The van der Waals surface area contributed by atoms with Crippen molar-refractivity contribution in [1.82, 2.24) is 0 Å². The predicted molar refractivity (Wildman–Crippen MR) is 61.7 cm³/mol. The van der Waals surface area contributed by atoms with Gasteiger partial charge < -0.3 is 5.11 Å². The number of aliphatic hydroxyl groups is 1. The van der Waals surface area contributed by atoms with E-state index >= 15 is 0 Å². The number of hydrogen-bond donors (Lipinski definition) is 1. The average molecular weight is 233 g/mol. The smallest absolute Gasteiger partial charge is 0.285 e. The molecule has 0 spiro atoms.